The van der Waals surface area contributed by atoms with Crippen molar-refractivity contribution in [2.75, 3.05) is 12.9 Å². The Morgan fingerprint density at radius 3 is 2.68 bits per heavy atom. The number of amides is 1. The standard InChI is InChI=1S/C21H28N4O2S/c1-5-13-24-20(17-11-6-7-12-18(17)27-4)22-23-21(24)28-14-19(26)25-15(2)9-8-10-16(25)3/h5-7,11-12,15-16H,1,8-10,13-14H2,2-4H3/t15-,16-/m0/s1. The predicted molar refractivity (Wildman–Crippen MR) is 113 cm³/mol. The van der Waals surface area contributed by atoms with Gasteiger partial charge in [-0.1, -0.05) is 30.0 Å². The number of hydrogen-bond donors (Lipinski definition) is 0. The van der Waals surface area contributed by atoms with Crippen LogP contribution in [0.1, 0.15) is 33.1 Å². The summed E-state index contributed by atoms with van der Waals surface area (Å²) in [6.07, 6.45) is 5.15. The minimum absolute atomic E-state index is 0.164. The van der Waals surface area contributed by atoms with Crippen LogP contribution in [0, 0.1) is 0 Å². The highest BCUT2D eigenvalue weighted by Crippen LogP contribution is 2.31. The van der Waals surface area contributed by atoms with Gasteiger partial charge in [0.25, 0.3) is 0 Å². The summed E-state index contributed by atoms with van der Waals surface area (Å²) < 4.78 is 7.45. The van der Waals surface area contributed by atoms with E-state index in [9.17, 15) is 4.79 Å². The van der Waals surface area contributed by atoms with Crippen LogP contribution in [0.4, 0.5) is 0 Å². The fraction of sp³-hybridized carbons (Fsp3) is 0.476. The maximum absolute atomic E-state index is 12.8. The van der Waals surface area contributed by atoms with Gasteiger partial charge in [-0.2, -0.15) is 0 Å². The minimum atomic E-state index is 0.164. The van der Waals surface area contributed by atoms with Crippen LogP contribution in [0.3, 0.4) is 0 Å². The van der Waals surface area contributed by atoms with Crippen LogP contribution in [-0.4, -0.2) is 50.5 Å². The highest BCUT2D eigenvalue weighted by atomic mass is 32.2. The monoisotopic (exact) mass is 400 g/mol. The van der Waals surface area contributed by atoms with Gasteiger partial charge >= 0.3 is 0 Å². The molecule has 0 aliphatic carbocycles. The van der Waals surface area contributed by atoms with Crippen molar-refractivity contribution in [1.29, 1.82) is 0 Å². The number of carbonyl (C=O) groups is 1. The quantitative estimate of drug-likeness (QED) is 0.519. The Bertz CT molecular complexity index is 826. The van der Waals surface area contributed by atoms with Gasteiger partial charge in [0.1, 0.15) is 5.75 Å². The molecule has 1 amide bonds. The van der Waals surface area contributed by atoms with Gasteiger partial charge in [-0.15, -0.1) is 16.8 Å². The largest absolute Gasteiger partial charge is 0.496 e. The van der Waals surface area contributed by atoms with Crippen molar-refractivity contribution in [3.63, 3.8) is 0 Å². The van der Waals surface area contributed by atoms with Crippen molar-refractivity contribution < 1.29 is 9.53 Å². The summed E-state index contributed by atoms with van der Waals surface area (Å²) in [7, 11) is 1.64. The molecule has 28 heavy (non-hydrogen) atoms. The Kier molecular flexibility index (Phi) is 6.78. The minimum Gasteiger partial charge on any atom is -0.496 e. The zero-order valence-electron chi connectivity index (χ0n) is 16.8. The van der Waals surface area contributed by atoms with Crippen molar-refractivity contribution in [2.45, 2.75) is 56.9 Å². The molecule has 2 heterocycles. The number of nitrogens with zero attached hydrogens (tertiary/aromatic N) is 4. The average Bonchev–Trinajstić information content (AvgIpc) is 3.09. The van der Waals surface area contributed by atoms with Crippen molar-refractivity contribution in [1.82, 2.24) is 19.7 Å². The van der Waals surface area contributed by atoms with E-state index in [-0.39, 0.29) is 5.91 Å². The first-order valence-electron chi connectivity index (χ1n) is 9.68. The summed E-state index contributed by atoms with van der Waals surface area (Å²) in [5.41, 5.74) is 0.871. The second-order valence-corrected chi connectivity index (χ2v) is 8.07. The summed E-state index contributed by atoms with van der Waals surface area (Å²) in [4.78, 5) is 14.9. The molecule has 0 N–H and O–H groups in total. The van der Waals surface area contributed by atoms with Gasteiger partial charge in [0.15, 0.2) is 11.0 Å². The third-order valence-electron chi connectivity index (χ3n) is 5.18. The molecule has 150 valence electrons. The lowest BCUT2D eigenvalue weighted by Crippen LogP contribution is -2.48. The second kappa shape index (κ2) is 9.28. The molecule has 1 aliphatic rings. The maximum atomic E-state index is 12.8. The lowest BCUT2D eigenvalue weighted by molar-refractivity contribution is -0.134. The van der Waals surface area contributed by atoms with Crippen LogP contribution < -0.4 is 4.74 Å². The number of hydrogen-bond acceptors (Lipinski definition) is 5. The molecular formula is C21H28N4O2S. The van der Waals surface area contributed by atoms with Gasteiger partial charge in [0.05, 0.1) is 18.4 Å². The molecule has 6 nitrogen and oxygen atoms in total. The summed E-state index contributed by atoms with van der Waals surface area (Å²) in [6.45, 7) is 8.69. The fourth-order valence-electron chi connectivity index (χ4n) is 3.83. The predicted octanol–water partition coefficient (Wildman–Crippen LogP) is 4.02. The van der Waals surface area contributed by atoms with Gasteiger partial charge in [0.2, 0.25) is 5.91 Å². The number of likely N-dealkylation sites (tertiary alicyclic amines) is 1. The van der Waals surface area contributed by atoms with E-state index < -0.39 is 0 Å². The summed E-state index contributed by atoms with van der Waals surface area (Å²) >= 11 is 1.43. The Labute approximate surface area is 171 Å². The molecule has 1 fully saturated rings. The molecule has 1 aromatic heterocycles. The normalized spacial score (nSPS) is 19.5. The third kappa shape index (κ3) is 4.24. The molecule has 0 unspecified atom stereocenters. The smallest absolute Gasteiger partial charge is 0.233 e. The highest BCUT2D eigenvalue weighted by molar-refractivity contribution is 7.99. The first-order chi connectivity index (χ1) is 13.6. The van der Waals surface area contributed by atoms with E-state index in [0.717, 1.165) is 24.2 Å². The summed E-state index contributed by atoms with van der Waals surface area (Å²) in [5, 5.41) is 9.43. The van der Waals surface area contributed by atoms with Crippen LogP contribution in [0.5, 0.6) is 5.75 Å². The van der Waals surface area contributed by atoms with Gasteiger partial charge in [-0.25, -0.2) is 0 Å². The number of ether oxygens (including phenoxy) is 1. The summed E-state index contributed by atoms with van der Waals surface area (Å²) in [5.74, 6) is 1.98. The van der Waals surface area contributed by atoms with Gasteiger partial charge in [0, 0.05) is 18.6 Å². The molecule has 1 aliphatic heterocycles. The van der Waals surface area contributed by atoms with E-state index in [1.54, 1.807) is 7.11 Å². The lowest BCUT2D eigenvalue weighted by atomic mass is 9.98. The number of benzene rings is 1. The van der Waals surface area contributed by atoms with Crippen molar-refractivity contribution >= 4 is 17.7 Å². The number of thioether (sulfide) groups is 1. The number of rotatable bonds is 7. The fourth-order valence-corrected chi connectivity index (χ4v) is 4.65. The summed E-state index contributed by atoms with van der Waals surface area (Å²) in [6, 6.07) is 8.32. The molecule has 0 radical (unpaired) electrons. The Hall–Kier alpha value is -2.28. The zero-order valence-corrected chi connectivity index (χ0v) is 17.6. The Balaban J connectivity index is 1.80. The molecule has 0 spiro atoms. The van der Waals surface area contributed by atoms with Gasteiger partial charge < -0.3 is 9.64 Å². The number of piperidine rings is 1. The molecule has 1 aromatic carbocycles. The number of aromatic nitrogens is 3. The van der Waals surface area contributed by atoms with E-state index in [0.29, 0.717) is 35.4 Å². The number of para-hydroxylation sites is 1. The van der Waals surface area contributed by atoms with Crippen molar-refractivity contribution in [2.24, 2.45) is 0 Å². The van der Waals surface area contributed by atoms with E-state index in [1.807, 2.05) is 39.8 Å². The number of methoxy groups -OCH3 is 1. The first-order valence-corrected chi connectivity index (χ1v) is 10.7. The average molecular weight is 401 g/mol. The molecule has 0 bridgehead atoms. The molecule has 0 saturated carbocycles. The van der Waals surface area contributed by atoms with Crippen LogP contribution in [0.2, 0.25) is 0 Å². The highest BCUT2D eigenvalue weighted by Gasteiger charge is 2.29. The number of carbonyl (C=O) groups excluding carboxylic acids is 1. The number of allylic oxidation sites excluding steroid dienone is 1. The molecular weight excluding hydrogens is 372 g/mol. The van der Waals surface area contributed by atoms with Crippen molar-refractivity contribution in [3.05, 3.63) is 36.9 Å². The molecule has 7 heteroatoms. The van der Waals surface area contributed by atoms with Crippen LogP contribution >= 0.6 is 11.8 Å². The van der Waals surface area contributed by atoms with Crippen LogP contribution in [0.15, 0.2) is 42.1 Å². The van der Waals surface area contributed by atoms with E-state index in [2.05, 4.69) is 30.6 Å². The first kappa shape index (κ1) is 20.5. The topological polar surface area (TPSA) is 60.2 Å². The maximum Gasteiger partial charge on any atom is 0.233 e. The van der Waals surface area contributed by atoms with E-state index in [1.165, 1.54) is 18.2 Å². The van der Waals surface area contributed by atoms with E-state index >= 15 is 0 Å². The lowest BCUT2D eigenvalue weighted by Gasteiger charge is -2.39. The Morgan fingerprint density at radius 2 is 2.00 bits per heavy atom. The zero-order chi connectivity index (χ0) is 20.1. The van der Waals surface area contributed by atoms with Crippen molar-refractivity contribution in [3.8, 4) is 17.1 Å². The van der Waals surface area contributed by atoms with Crippen LogP contribution in [0.25, 0.3) is 11.4 Å². The molecule has 3 rings (SSSR count). The molecule has 1 saturated heterocycles. The van der Waals surface area contributed by atoms with Crippen LogP contribution in [-0.2, 0) is 11.3 Å². The second-order valence-electron chi connectivity index (χ2n) is 7.12. The SMILES string of the molecule is C=CCn1c(SCC(=O)N2[C@@H](C)CCC[C@@H]2C)nnc1-c1ccccc1OC. The molecule has 2 aromatic rings. The van der Waals surface area contributed by atoms with Gasteiger partial charge in [-0.05, 0) is 45.2 Å². The van der Waals surface area contributed by atoms with Gasteiger partial charge in [-0.3, -0.25) is 9.36 Å². The Morgan fingerprint density at radius 1 is 1.29 bits per heavy atom. The third-order valence-corrected chi connectivity index (χ3v) is 6.13. The van der Waals surface area contributed by atoms with E-state index in [4.69, 9.17) is 4.74 Å². The molecule has 2 atom stereocenters.